The highest BCUT2D eigenvalue weighted by atomic mass is 16.5. The summed E-state index contributed by atoms with van der Waals surface area (Å²) in [6, 6.07) is 1.60. The monoisotopic (exact) mass is 219 g/mol. The van der Waals surface area contributed by atoms with Crippen molar-refractivity contribution in [1.29, 1.82) is 0 Å². The number of carbonyl (C=O) groups excluding carboxylic acids is 1. The van der Waals surface area contributed by atoms with Gasteiger partial charge in [0.15, 0.2) is 0 Å². The lowest BCUT2D eigenvalue weighted by atomic mass is 10.4. The van der Waals surface area contributed by atoms with Crippen LogP contribution in [0.4, 0.5) is 11.7 Å². The standard InChI is InChI=1S/C9H9N5O2/c1-5-2-8(16-14-5)13-9(15)6-3-12-7(10)4-11-6/h2-4H,1H3,(H2,10,12)(H,13,15). The maximum Gasteiger partial charge on any atom is 0.278 e. The number of nitrogens with zero attached hydrogens (tertiary/aromatic N) is 3. The molecule has 0 aliphatic carbocycles. The number of anilines is 2. The van der Waals surface area contributed by atoms with Crippen molar-refractivity contribution in [3.63, 3.8) is 0 Å². The van der Waals surface area contributed by atoms with E-state index in [1.54, 1.807) is 13.0 Å². The summed E-state index contributed by atoms with van der Waals surface area (Å²) in [5, 5.41) is 6.12. The number of aryl methyl sites for hydroxylation is 1. The molecule has 7 heteroatoms. The highest BCUT2D eigenvalue weighted by Crippen LogP contribution is 2.09. The molecule has 16 heavy (non-hydrogen) atoms. The fourth-order valence-corrected chi connectivity index (χ4v) is 1.05. The number of nitrogen functional groups attached to an aromatic ring is 1. The second-order valence-electron chi connectivity index (χ2n) is 3.11. The Morgan fingerprint density at radius 1 is 1.44 bits per heavy atom. The smallest absolute Gasteiger partial charge is 0.278 e. The van der Waals surface area contributed by atoms with Crippen molar-refractivity contribution in [1.82, 2.24) is 15.1 Å². The predicted molar refractivity (Wildman–Crippen MR) is 55.6 cm³/mol. The van der Waals surface area contributed by atoms with Gasteiger partial charge in [0.05, 0.1) is 18.1 Å². The minimum atomic E-state index is -0.427. The molecule has 0 saturated heterocycles. The summed E-state index contributed by atoms with van der Waals surface area (Å²) in [6.07, 6.45) is 2.59. The van der Waals surface area contributed by atoms with Crippen LogP contribution in [0.15, 0.2) is 23.0 Å². The zero-order chi connectivity index (χ0) is 11.5. The van der Waals surface area contributed by atoms with Crippen molar-refractivity contribution in [3.05, 3.63) is 29.8 Å². The molecule has 82 valence electrons. The molecule has 0 saturated carbocycles. The molecule has 0 aliphatic heterocycles. The first-order valence-corrected chi connectivity index (χ1v) is 4.47. The minimum absolute atomic E-state index is 0.156. The fourth-order valence-electron chi connectivity index (χ4n) is 1.05. The summed E-state index contributed by atoms with van der Waals surface area (Å²) in [5.41, 5.74) is 6.18. The van der Waals surface area contributed by atoms with Gasteiger partial charge >= 0.3 is 0 Å². The quantitative estimate of drug-likeness (QED) is 0.766. The molecule has 0 aromatic carbocycles. The molecule has 0 fully saturated rings. The molecule has 0 radical (unpaired) electrons. The second kappa shape index (κ2) is 3.97. The number of nitrogens with two attached hydrogens (primary N) is 1. The van der Waals surface area contributed by atoms with E-state index in [1.165, 1.54) is 12.4 Å². The van der Waals surface area contributed by atoms with Crippen molar-refractivity contribution in [3.8, 4) is 0 Å². The van der Waals surface area contributed by atoms with Crippen molar-refractivity contribution in [2.24, 2.45) is 0 Å². The number of amides is 1. The summed E-state index contributed by atoms with van der Waals surface area (Å²) < 4.78 is 4.83. The first-order chi connectivity index (χ1) is 7.65. The summed E-state index contributed by atoms with van der Waals surface area (Å²) >= 11 is 0. The number of hydrogen-bond donors (Lipinski definition) is 2. The Morgan fingerprint density at radius 3 is 2.81 bits per heavy atom. The molecular weight excluding hydrogens is 210 g/mol. The van der Waals surface area contributed by atoms with E-state index in [1.807, 2.05) is 0 Å². The van der Waals surface area contributed by atoms with Gasteiger partial charge in [0.1, 0.15) is 11.5 Å². The van der Waals surface area contributed by atoms with Crippen LogP contribution in [0.1, 0.15) is 16.2 Å². The first-order valence-electron chi connectivity index (χ1n) is 4.47. The summed E-state index contributed by atoms with van der Waals surface area (Å²) in [5.74, 6) is 0.0943. The van der Waals surface area contributed by atoms with Crippen molar-refractivity contribution in [2.45, 2.75) is 6.92 Å². The molecule has 0 spiro atoms. The molecule has 3 N–H and O–H groups in total. The molecule has 2 aromatic heterocycles. The Labute approximate surface area is 90.7 Å². The zero-order valence-electron chi connectivity index (χ0n) is 8.47. The number of carbonyl (C=O) groups is 1. The van der Waals surface area contributed by atoms with Crippen LogP contribution >= 0.6 is 0 Å². The third-order valence-electron chi connectivity index (χ3n) is 1.77. The van der Waals surface area contributed by atoms with E-state index >= 15 is 0 Å². The van der Waals surface area contributed by atoms with Gasteiger partial charge in [0, 0.05) is 6.07 Å². The Bertz CT molecular complexity index is 505. The molecule has 0 aliphatic rings. The highest BCUT2D eigenvalue weighted by Gasteiger charge is 2.10. The molecule has 2 rings (SSSR count). The van der Waals surface area contributed by atoms with Crippen LogP contribution in [-0.2, 0) is 0 Å². The van der Waals surface area contributed by atoms with Gasteiger partial charge < -0.3 is 10.3 Å². The minimum Gasteiger partial charge on any atom is -0.382 e. The van der Waals surface area contributed by atoms with Crippen LogP contribution in [0, 0.1) is 6.92 Å². The van der Waals surface area contributed by atoms with Gasteiger partial charge in [-0.1, -0.05) is 5.16 Å². The SMILES string of the molecule is Cc1cc(NC(=O)c2cnc(N)cn2)on1. The van der Waals surface area contributed by atoms with E-state index in [2.05, 4.69) is 20.4 Å². The average Bonchev–Trinajstić information content (AvgIpc) is 2.65. The topological polar surface area (TPSA) is 107 Å². The largest absolute Gasteiger partial charge is 0.382 e. The van der Waals surface area contributed by atoms with Crippen LogP contribution < -0.4 is 11.1 Å². The predicted octanol–water partition coefficient (Wildman–Crippen LogP) is 0.608. The van der Waals surface area contributed by atoms with Crippen molar-refractivity contribution >= 4 is 17.6 Å². The molecule has 2 aromatic rings. The normalized spacial score (nSPS) is 10.1. The third-order valence-corrected chi connectivity index (χ3v) is 1.77. The van der Waals surface area contributed by atoms with E-state index in [9.17, 15) is 4.79 Å². The summed E-state index contributed by atoms with van der Waals surface area (Å²) in [7, 11) is 0. The van der Waals surface area contributed by atoms with Gasteiger partial charge in [-0.3, -0.25) is 10.1 Å². The maximum atomic E-state index is 11.6. The molecular formula is C9H9N5O2. The lowest BCUT2D eigenvalue weighted by Gasteiger charge is -1.99. The Kier molecular flexibility index (Phi) is 2.50. The molecule has 1 amide bonds. The number of rotatable bonds is 2. The first kappa shape index (κ1) is 10.1. The van der Waals surface area contributed by atoms with E-state index < -0.39 is 5.91 Å². The molecule has 0 atom stereocenters. The third kappa shape index (κ3) is 2.14. The zero-order valence-corrected chi connectivity index (χ0v) is 8.47. The second-order valence-corrected chi connectivity index (χ2v) is 3.11. The molecule has 0 unspecified atom stereocenters. The van der Waals surface area contributed by atoms with Crippen molar-refractivity contribution in [2.75, 3.05) is 11.1 Å². The summed E-state index contributed by atoms with van der Waals surface area (Å²) in [4.78, 5) is 19.2. The van der Waals surface area contributed by atoms with Crippen LogP contribution in [0.3, 0.4) is 0 Å². The lowest BCUT2D eigenvalue weighted by Crippen LogP contribution is -2.13. The lowest BCUT2D eigenvalue weighted by molar-refractivity contribution is 0.101. The van der Waals surface area contributed by atoms with Gasteiger partial charge in [-0.05, 0) is 6.92 Å². The Balaban J connectivity index is 2.11. The van der Waals surface area contributed by atoms with Crippen LogP contribution in [-0.4, -0.2) is 21.0 Å². The number of aromatic nitrogens is 3. The van der Waals surface area contributed by atoms with E-state index in [0.717, 1.165) is 0 Å². The van der Waals surface area contributed by atoms with Gasteiger partial charge in [-0.25, -0.2) is 9.97 Å². The highest BCUT2D eigenvalue weighted by molar-refractivity contribution is 6.01. The molecule has 0 bridgehead atoms. The molecule has 7 nitrogen and oxygen atoms in total. The van der Waals surface area contributed by atoms with Gasteiger partial charge in [0.25, 0.3) is 5.91 Å². The average molecular weight is 219 g/mol. The van der Waals surface area contributed by atoms with Gasteiger partial charge in [0.2, 0.25) is 5.88 Å². The molecule has 2 heterocycles. The number of nitrogens with one attached hydrogen (secondary N) is 1. The maximum absolute atomic E-state index is 11.6. The van der Waals surface area contributed by atoms with Crippen LogP contribution in [0.25, 0.3) is 0 Å². The van der Waals surface area contributed by atoms with Gasteiger partial charge in [-0.15, -0.1) is 0 Å². The number of hydrogen-bond acceptors (Lipinski definition) is 6. The Hall–Kier alpha value is -2.44. The van der Waals surface area contributed by atoms with Crippen LogP contribution in [0.2, 0.25) is 0 Å². The van der Waals surface area contributed by atoms with Gasteiger partial charge in [-0.2, -0.15) is 0 Å². The van der Waals surface area contributed by atoms with E-state index in [4.69, 9.17) is 10.3 Å². The van der Waals surface area contributed by atoms with E-state index in [-0.39, 0.29) is 17.4 Å². The van der Waals surface area contributed by atoms with Crippen LogP contribution in [0.5, 0.6) is 0 Å². The fraction of sp³-hybridized carbons (Fsp3) is 0.111. The van der Waals surface area contributed by atoms with E-state index in [0.29, 0.717) is 5.69 Å². The van der Waals surface area contributed by atoms with Crippen molar-refractivity contribution < 1.29 is 9.32 Å². The Morgan fingerprint density at radius 2 is 2.25 bits per heavy atom. The summed E-state index contributed by atoms with van der Waals surface area (Å²) in [6.45, 7) is 1.75.